The molecule has 1 aliphatic carbocycles. The molecule has 1 fully saturated rings. The fourth-order valence-corrected chi connectivity index (χ4v) is 2.83. The molecule has 116 valence electrons. The van der Waals surface area contributed by atoms with Crippen molar-refractivity contribution in [2.45, 2.75) is 38.3 Å². The smallest absolute Gasteiger partial charge is 0.323 e. The van der Waals surface area contributed by atoms with E-state index in [1.807, 2.05) is 25.2 Å². The number of carbonyl (C=O) groups is 1. The van der Waals surface area contributed by atoms with Crippen molar-refractivity contribution in [2.75, 3.05) is 21.3 Å². The quantitative estimate of drug-likeness (QED) is 0.724. The fourth-order valence-electron chi connectivity index (χ4n) is 2.83. The second-order valence-corrected chi connectivity index (χ2v) is 5.84. The third kappa shape index (κ3) is 3.76. The third-order valence-electron chi connectivity index (χ3n) is 4.35. The second kappa shape index (κ2) is 6.94. The van der Waals surface area contributed by atoms with Crippen LogP contribution in [-0.2, 0) is 16.0 Å². The molecule has 0 bridgehead atoms. The summed E-state index contributed by atoms with van der Waals surface area (Å²) in [4.78, 5) is 14.2. The van der Waals surface area contributed by atoms with Gasteiger partial charge in [-0.2, -0.15) is 0 Å². The molecular formula is C17H25NO3. The summed E-state index contributed by atoms with van der Waals surface area (Å²) < 4.78 is 10.4. The van der Waals surface area contributed by atoms with Crippen molar-refractivity contribution in [2.24, 2.45) is 5.92 Å². The molecule has 0 heterocycles. The third-order valence-corrected chi connectivity index (χ3v) is 4.35. The molecule has 2 rings (SSSR count). The molecule has 4 nitrogen and oxygen atoms in total. The Bertz CT molecular complexity index is 485. The first-order valence-electron chi connectivity index (χ1n) is 7.50. The zero-order valence-corrected chi connectivity index (χ0v) is 13.3. The molecule has 2 unspecified atom stereocenters. The molecule has 1 aromatic carbocycles. The molecule has 0 saturated heterocycles. The minimum atomic E-state index is -0.125. The Labute approximate surface area is 127 Å². The number of rotatable bonds is 7. The topological polar surface area (TPSA) is 38.8 Å². The Morgan fingerprint density at radius 3 is 2.57 bits per heavy atom. The highest BCUT2D eigenvalue weighted by molar-refractivity contribution is 5.76. The molecule has 4 heteroatoms. The SMILES string of the molecule is COC(=O)C(C1CC1)N(C)C(C)Cc1ccccc1OC. The van der Waals surface area contributed by atoms with Crippen LogP contribution in [0.2, 0.25) is 0 Å². The van der Waals surface area contributed by atoms with Gasteiger partial charge in [-0.25, -0.2) is 0 Å². The van der Waals surface area contributed by atoms with Crippen molar-refractivity contribution in [3.05, 3.63) is 29.8 Å². The molecule has 0 aliphatic heterocycles. The van der Waals surface area contributed by atoms with Crippen LogP contribution in [0.1, 0.15) is 25.3 Å². The number of hydrogen-bond acceptors (Lipinski definition) is 4. The summed E-state index contributed by atoms with van der Waals surface area (Å²) in [5.41, 5.74) is 1.17. The van der Waals surface area contributed by atoms with Gasteiger partial charge in [0, 0.05) is 6.04 Å². The van der Waals surface area contributed by atoms with Crippen LogP contribution in [0.4, 0.5) is 0 Å². The lowest BCUT2D eigenvalue weighted by atomic mass is 10.0. The summed E-state index contributed by atoms with van der Waals surface area (Å²) in [5, 5.41) is 0. The Balaban J connectivity index is 2.07. The van der Waals surface area contributed by atoms with E-state index in [1.165, 1.54) is 12.7 Å². The normalized spacial score (nSPS) is 17.4. The maximum Gasteiger partial charge on any atom is 0.323 e. The van der Waals surface area contributed by atoms with E-state index in [0.29, 0.717) is 5.92 Å². The van der Waals surface area contributed by atoms with Gasteiger partial charge in [-0.15, -0.1) is 0 Å². The minimum Gasteiger partial charge on any atom is -0.496 e. The van der Waals surface area contributed by atoms with Gasteiger partial charge in [0.1, 0.15) is 11.8 Å². The molecule has 21 heavy (non-hydrogen) atoms. The molecule has 0 aromatic heterocycles. The Hall–Kier alpha value is -1.55. The van der Waals surface area contributed by atoms with E-state index in [4.69, 9.17) is 9.47 Å². The van der Waals surface area contributed by atoms with Crippen molar-refractivity contribution in [1.29, 1.82) is 0 Å². The number of esters is 1. The van der Waals surface area contributed by atoms with E-state index >= 15 is 0 Å². The Morgan fingerprint density at radius 2 is 2.00 bits per heavy atom. The first kappa shape index (κ1) is 15.8. The Kier molecular flexibility index (Phi) is 5.23. The highest BCUT2D eigenvalue weighted by atomic mass is 16.5. The van der Waals surface area contributed by atoms with Crippen molar-refractivity contribution in [3.8, 4) is 5.75 Å². The number of methoxy groups -OCH3 is 2. The Morgan fingerprint density at radius 1 is 1.33 bits per heavy atom. The number of carbonyl (C=O) groups excluding carboxylic acids is 1. The van der Waals surface area contributed by atoms with E-state index in [-0.39, 0.29) is 18.1 Å². The summed E-state index contributed by atoms with van der Waals surface area (Å²) in [6.45, 7) is 2.14. The minimum absolute atomic E-state index is 0.119. The number of nitrogens with zero attached hydrogens (tertiary/aromatic N) is 1. The van der Waals surface area contributed by atoms with Crippen LogP contribution in [0.5, 0.6) is 5.75 Å². The molecule has 0 radical (unpaired) electrons. The predicted molar refractivity (Wildman–Crippen MR) is 82.5 cm³/mol. The van der Waals surface area contributed by atoms with Gasteiger partial charge < -0.3 is 9.47 Å². The zero-order valence-electron chi connectivity index (χ0n) is 13.3. The average molecular weight is 291 g/mol. The van der Waals surface area contributed by atoms with E-state index in [9.17, 15) is 4.79 Å². The van der Waals surface area contributed by atoms with Gasteiger partial charge in [-0.05, 0) is 50.8 Å². The maximum atomic E-state index is 12.0. The van der Waals surface area contributed by atoms with Gasteiger partial charge in [0.15, 0.2) is 0 Å². The van der Waals surface area contributed by atoms with E-state index in [2.05, 4.69) is 17.9 Å². The van der Waals surface area contributed by atoms with Crippen LogP contribution in [-0.4, -0.2) is 44.2 Å². The number of ether oxygens (including phenoxy) is 2. The summed E-state index contributed by atoms with van der Waals surface area (Å²) in [7, 11) is 5.17. The van der Waals surface area contributed by atoms with Crippen molar-refractivity contribution in [3.63, 3.8) is 0 Å². The van der Waals surface area contributed by atoms with Gasteiger partial charge in [0.2, 0.25) is 0 Å². The molecule has 0 N–H and O–H groups in total. The van der Waals surface area contributed by atoms with E-state index in [0.717, 1.165) is 25.0 Å². The first-order valence-corrected chi connectivity index (χ1v) is 7.50. The molecule has 1 aromatic rings. The summed E-state index contributed by atoms with van der Waals surface area (Å²) >= 11 is 0. The zero-order chi connectivity index (χ0) is 15.4. The van der Waals surface area contributed by atoms with Gasteiger partial charge in [-0.1, -0.05) is 18.2 Å². The number of hydrogen-bond donors (Lipinski definition) is 0. The molecule has 2 atom stereocenters. The first-order chi connectivity index (χ1) is 10.1. The predicted octanol–water partition coefficient (Wildman–Crippen LogP) is 2.51. The largest absolute Gasteiger partial charge is 0.496 e. The fraction of sp³-hybridized carbons (Fsp3) is 0.588. The van der Waals surface area contributed by atoms with Crippen LogP contribution in [0.15, 0.2) is 24.3 Å². The van der Waals surface area contributed by atoms with Crippen LogP contribution >= 0.6 is 0 Å². The molecule has 1 saturated carbocycles. The van der Waals surface area contributed by atoms with Gasteiger partial charge in [-0.3, -0.25) is 9.69 Å². The molecule has 0 spiro atoms. The molecule has 0 amide bonds. The van der Waals surface area contributed by atoms with Gasteiger partial charge in [0.25, 0.3) is 0 Å². The molecule has 1 aliphatic rings. The number of para-hydroxylation sites is 1. The van der Waals surface area contributed by atoms with Crippen LogP contribution in [0.25, 0.3) is 0 Å². The summed E-state index contributed by atoms with van der Waals surface area (Å²) in [6, 6.07) is 8.15. The summed E-state index contributed by atoms with van der Waals surface area (Å²) in [5.74, 6) is 1.23. The van der Waals surface area contributed by atoms with Crippen molar-refractivity contribution in [1.82, 2.24) is 4.90 Å². The monoisotopic (exact) mass is 291 g/mol. The standard InChI is InChI=1S/C17H25NO3/c1-12(11-14-7-5-6-8-15(14)20-3)18(2)16(13-9-10-13)17(19)21-4/h5-8,12-13,16H,9-11H2,1-4H3. The van der Waals surface area contributed by atoms with Gasteiger partial charge in [0.05, 0.1) is 14.2 Å². The van der Waals surface area contributed by atoms with E-state index < -0.39 is 0 Å². The van der Waals surface area contributed by atoms with Crippen molar-refractivity contribution >= 4 is 5.97 Å². The second-order valence-electron chi connectivity index (χ2n) is 5.84. The van der Waals surface area contributed by atoms with Crippen molar-refractivity contribution < 1.29 is 14.3 Å². The number of likely N-dealkylation sites (N-methyl/N-ethyl adjacent to an activating group) is 1. The average Bonchev–Trinajstić information content (AvgIpc) is 3.32. The van der Waals surface area contributed by atoms with Gasteiger partial charge >= 0.3 is 5.97 Å². The van der Waals surface area contributed by atoms with E-state index in [1.54, 1.807) is 7.11 Å². The lowest BCUT2D eigenvalue weighted by Gasteiger charge is -2.31. The maximum absolute atomic E-state index is 12.0. The number of benzene rings is 1. The summed E-state index contributed by atoms with van der Waals surface area (Å²) in [6.07, 6.45) is 3.08. The van der Waals surface area contributed by atoms with Crippen LogP contribution < -0.4 is 4.74 Å². The highest BCUT2D eigenvalue weighted by Crippen LogP contribution is 2.36. The lowest BCUT2D eigenvalue weighted by molar-refractivity contribution is -0.148. The van der Waals surface area contributed by atoms with Crippen LogP contribution in [0, 0.1) is 5.92 Å². The molecular weight excluding hydrogens is 266 g/mol. The highest BCUT2D eigenvalue weighted by Gasteiger charge is 2.41. The van der Waals surface area contributed by atoms with Crippen LogP contribution in [0.3, 0.4) is 0 Å². The lowest BCUT2D eigenvalue weighted by Crippen LogP contribution is -2.46.